The van der Waals surface area contributed by atoms with Crippen LogP contribution in [-0.4, -0.2) is 28.8 Å². The number of nitrogens with two attached hydrogens (primary N) is 1. The summed E-state index contributed by atoms with van der Waals surface area (Å²) in [6.07, 6.45) is 3.78. The maximum atomic E-state index is 12.7. The standard InChI is InChI=1S/C19H18N4O2/c20-15-2-1-3-17(10-15)25-18-8-9-23(19(18)24)16-6-4-13(5-7-16)14-11-21-22-12-14/h1-7,10-12,18H,8-9,20H2,(H,21,22). The summed E-state index contributed by atoms with van der Waals surface area (Å²) in [6, 6.07) is 15.0. The normalized spacial score (nSPS) is 17.0. The summed E-state index contributed by atoms with van der Waals surface area (Å²) in [5.41, 5.74) is 9.32. The molecule has 0 bridgehead atoms. The van der Waals surface area contributed by atoms with Crippen LogP contribution in [-0.2, 0) is 4.79 Å². The van der Waals surface area contributed by atoms with E-state index >= 15 is 0 Å². The van der Waals surface area contributed by atoms with Crippen molar-refractivity contribution in [3.8, 4) is 16.9 Å². The number of nitrogens with one attached hydrogen (secondary N) is 1. The van der Waals surface area contributed by atoms with E-state index in [0.717, 1.165) is 16.8 Å². The summed E-state index contributed by atoms with van der Waals surface area (Å²) in [7, 11) is 0. The highest BCUT2D eigenvalue weighted by Gasteiger charge is 2.34. The number of aromatic nitrogens is 2. The van der Waals surface area contributed by atoms with Crippen LogP contribution in [0.15, 0.2) is 60.9 Å². The van der Waals surface area contributed by atoms with Gasteiger partial charge in [-0.1, -0.05) is 18.2 Å². The van der Waals surface area contributed by atoms with E-state index in [9.17, 15) is 4.79 Å². The van der Waals surface area contributed by atoms with Crippen LogP contribution in [0.3, 0.4) is 0 Å². The minimum Gasteiger partial charge on any atom is -0.480 e. The first-order chi connectivity index (χ1) is 12.2. The van der Waals surface area contributed by atoms with Crippen molar-refractivity contribution in [2.24, 2.45) is 0 Å². The van der Waals surface area contributed by atoms with E-state index in [0.29, 0.717) is 24.4 Å². The van der Waals surface area contributed by atoms with Gasteiger partial charge in [0.15, 0.2) is 6.10 Å². The molecule has 2 aromatic carbocycles. The molecule has 1 aliphatic heterocycles. The molecule has 1 amide bonds. The van der Waals surface area contributed by atoms with Crippen LogP contribution in [0.2, 0.25) is 0 Å². The fourth-order valence-electron chi connectivity index (χ4n) is 3.01. The number of benzene rings is 2. The molecule has 1 saturated heterocycles. The van der Waals surface area contributed by atoms with E-state index in [1.165, 1.54) is 0 Å². The van der Waals surface area contributed by atoms with Gasteiger partial charge in [-0.05, 0) is 29.8 Å². The number of hydrogen-bond donors (Lipinski definition) is 2. The highest BCUT2D eigenvalue weighted by atomic mass is 16.5. The number of anilines is 2. The van der Waals surface area contributed by atoms with Crippen molar-refractivity contribution in [1.29, 1.82) is 0 Å². The minimum absolute atomic E-state index is 0.0292. The number of carbonyl (C=O) groups excluding carboxylic acids is 1. The van der Waals surface area contributed by atoms with Gasteiger partial charge in [0.05, 0.1) is 6.20 Å². The second-order valence-electron chi connectivity index (χ2n) is 5.99. The number of hydrogen-bond acceptors (Lipinski definition) is 4. The molecule has 3 N–H and O–H groups in total. The van der Waals surface area contributed by atoms with E-state index in [2.05, 4.69) is 10.2 Å². The maximum absolute atomic E-state index is 12.7. The van der Waals surface area contributed by atoms with Crippen molar-refractivity contribution in [3.63, 3.8) is 0 Å². The molecule has 6 nitrogen and oxygen atoms in total. The number of nitrogen functional groups attached to an aromatic ring is 1. The molecule has 3 aromatic rings. The van der Waals surface area contributed by atoms with Crippen LogP contribution < -0.4 is 15.4 Å². The molecule has 126 valence electrons. The quantitative estimate of drug-likeness (QED) is 0.719. The van der Waals surface area contributed by atoms with Gasteiger partial charge >= 0.3 is 0 Å². The third kappa shape index (κ3) is 3.06. The largest absolute Gasteiger partial charge is 0.480 e. The van der Waals surface area contributed by atoms with Crippen LogP contribution in [0.5, 0.6) is 5.75 Å². The second-order valence-corrected chi connectivity index (χ2v) is 5.99. The number of ether oxygens (including phenoxy) is 1. The summed E-state index contributed by atoms with van der Waals surface area (Å²) >= 11 is 0. The molecule has 25 heavy (non-hydrogen) atoms. The van der Waals surface area contributed by atoms with E-state index in [-0.39, 0.29) is 5.91 Å². The zero-order valence-corrected chi connectivity index (χ0v) is 13.6. The third-order valence-corrected chi connectivity index (χ3v) is 4.30. The number of carbonyl (C=O) groups is 1. The molecule has 0 radical (unpaired) electrons. The zero-order valence-electron chi connectivity index (χ0n) is 13.6. The Morgan fingerprint density at radius 3 is 2.72 bits per heavy atom. The number of rotatable bonds is 4. The summed E-state index contributed by atoms with van der Waals surface area (Å²) in [6.45, 7) is 0.636. The van der Waals surface area contributed by atoms with Gasteiger partial charge in [0.25, 0.3) is 5.91 Å². The molecular formula is C19H18N4O2. The molecule has 1 aliphatic rings. The lowest BCUT2D eigenvalue weighted by atomic mass is 10.1. The highest BCUT2D eigenvalue weighted by molar-refractivity contribution is 5.99. The van der Waals surface area contributed by atoms with Crippen LogP contribution >= 0.6 is 0 Å². The lowest BCUT2D eigenvalue weighted by Gasteiger charge is -2.17. The number of aromatic amines is 1. The molecule has 1 fully saturated rings. The van der Waals surface area contributed by atoms with Gasteiger partial charge in [0, 0.05) is 42.2 Å². The average molecular weight is 334 g/mol. The van der Waals surface area contributed by atoms with Crippen molar-refractivity contribution in [3.05, 3.63) is 60.9 Å². The molecule has 2 heterocycles. The Morgan fingerprint density at radius 1 is 1.16 bits per heavy atom. The lowest BCUT2D eigenvalue weighted by Crippen LogP contribution is -2.32. The summed E-state index contributed by atoms with van der Waals surface area (Å²) < 4.78 is 5.82. The van der Waals surface area contributed by atoms with Gasteiger partial charge in [0.2, 0.25) is 0 Å². The highest BCUT2D eigenvalue weighted by Crippen LogP contribution is 2.27. The van der Waals surface area contributed by atoms with Crippen LogP contribution in [0, 0.1) is 0 Å². The molecule has 1 aromatic heterocycles. The molecule has 1 atom stereocenters. The molecular weight excluding hydrogens is 316 g/mol. The molecule has 4 rings (SSSR count). The summed E-state index contributed by atoms with van der Waals surface area (Å²) in [5.74, 6) is 0.592. The minimum atomic E-state index is -0.477. The van der Waals surface area contributed by atoms with Gasteiger partial charge < -0.3 is 15.4 Å². The van der Waals surface area contributed by atoms with E-state index < -0.39 is 6.10 Å². The molecule has 1 unspecified atom stereocenters. The van der Waals surface area contributed by atoms with Crippen molar-refractivity contribution < 1.29 is 9.53 Å². The van der Waals surface area contributed by atoms with Gasteiger partial charge in [0.1, 0.15) is 5.75 Å². The first-order valence-electron chi connectivity index (χ1n) is 8.13. The van der Waals surface area contributed by atoms with E-state index in [1.54, 1.807) is 23.2 Å². The van der Waals surface area contributed by atoms with Crippen LogP contribution in [0.4, 0.5) is 11.4 Å². The fraction of sp³-hybridized carbons (Fsp3) is 0.158. The number of nitrogens with zero attached hydrogens (tertiary/aromatic N) is 2. The fourth-order valence-corrected chi connectivity index (χ4v) is 3.01. The van der Waals surface area contributed by atoms with Crippen molar-refractivity contribution in [1.82, 2.24) is 10.2 Å². The number of amides is 1. The first-order valence-corrected chi connectivity index (χ1v) is 8.13. The number of H-pyrrole nitrogens is 1. The third-order valence-electron chi connectivity index (χ3n) is 4.30. The Morgan fingerprint density at radius 2 is 2.00 bits per heavy atom. The predicted molar refractivity (Wildman–Crippen MR) is 96.3 cm³/mol. The smallest absolute Gasteiger partial charge is 0.268 e. The van der Waals surface area contributed by atoms with E-state index in [4.69, 9.17) is 10.5 Å². The molecule has 0 spiro atoms. The predicted octanol–water partition coefficient (Wildman–Crippen LogP) is 2.84. The van der Waals surface area contributed by atoms with Crippen molar-refractivity contribution >= 4 is 17.3 Å². The maximum Gasteiger partial charge on any atom is 0.268 e. The Balaban J connectivity index is 1.48. The van der Waals surface area contributed by atoms with E-state index in [1.807, 2.05) is 42.6 Å². The average Bonchev–Trinajstić information content (AvgIpc) is 3.27. The Labute approximate surface area is 145 Å². The Kier molecular flexibility index (Phi) is 3.85. The summed E-state index contributed by atoms with van der Waals surface area (Å²) in [4.78, 5) is 14.4. The lowest BCUT2D eigenvalue weighted by molar-refractivity contribution is -0.122. The monoisotopic (exact) mass is 334 g/mol. The summed E-state index contributed by atoms with van der Waals surface area (Å²) in [5, 5.41) is 6.75. The SMILES string of the molecule is Nc1cccc(OC2CCN(c3ccc(-c4cn[nH]c4)cc3)C2=O)c1. The van der Waals surface area contributed by atoms with Crippen molar-refractivity contribution in [2.45, 2.75) is 12.5 Å². The van der Waals surface area contributed by atoms with Crippen LogP contribution in [0.25, 0.3) is 11.1 Å². The van der Waals surface area contributed by atoms with Gasteiger partial charge in [-0.25, -0.2) is 0 Å². The van der Waals surface area contributed by atoms with Gasteiger partial charge in [-0.3, -0.25) is 9.89 Å². The molecule has 0 aliphatic carbocycles. The molecule has 0 saturated carbocycles. The second kappa shape index (κ2) is 6.32. The van der Waals surface area contributed by atoms with Crippen LogP contribution in [0.1, 0.15) is 6.42 Å². The van der Waals surface area contributed by atoms with Gasteiger partial charge in [-0.2, -0.15) is 5.10 Å². The van der Waals surface area contributed by atoms with Crippen molar-refractivity contribution in [2.75, 3.05) is 17.2 Å². The Bertz CT molecular complexity index is 875. The molecule has 6 heteroatoms. The first kappa shape index (κ1) is 15.3. The topological polar surface area (TPSA) is 84.2 Å². The Hall–Kier alpha value is -3.28. The zero-order chi connectivity index (χ0) is 17.2. The van der Waals surface area contributed by atoms with Gasteiger partial charge in [-0.15, -0.1) is 0 Å².